The van der Waals surface area contributed by atoms with Crippen LogP contribution in [0.15, 0.2) is 66.0 Å². The zero-order valence-electron chi connectivity index (χ0n) is 14.6. The van der Waals surface area contributed by atoms with Crippen LogP contribution in [0.2, 0.25) is 0 Å². The lowest BCUT2D eigenvalue weighted by atomic mass is 9.98. The van der Waals surface area contributed by atoms with E-state index in [4.69, 9.17) is 5.73 Å². The highest BCUT2D eigenvalue weighted by Gasteiger charge is 2.26. The van der Waals surface area contributed by atoms with Crippen LogP contribution in [0.4, 0.5) is 0 Å². The van der Waals surface area contributed by atoms with Crippen molar-refractivity contribution in [3.63, 3.8) is 0 Å². The molecule has 0 aliphatic rings. The van der Waals surface area contributed by atoms with Gasteiger partial charge in [0.05, 0.1) is 16.9 Å². The van der Waals surface area contributed by atoms with Crippen molar-refractivity contribution in [2.45, 2.75) is 11.9 Å². The number of aryl methyl sites for hydroxylation is 1. The molecule has 0 spiro atoms. The minimum Gasteiger partial charge on any atom is -1.00 e. The quantitative estimate of drug-likeness (QED) is 0.306. The SMILES string of the molecule is Cc1nc(SCC(N)=O)c(C#N)c(-c2ccccc2)c1-[n+]1ccccc1.[I-]. The minimum atomic E-state index is -0.443. The lowest BCUT2D eigenvalue weighted by molar-refractivity contribution is -0.595. The highest BCUT2D eigenvalue weighted by molar-refractivity contribution is 8.00. The molecule has 5 nitrogen and oxygen atoms in total. The van der Waals surface area contributed by atoms with Crippen LogP contribution in [-0.2, 0) is 4.79 Å². The third-order valence-electron chi connectivity index (χ3n) is 3.81. The lowest BCUT2D eigenvalue weighted by Crippen LogP contribution is -3.00. The van der Waals surface area contributed by atoms with Crippen LogP contribution >= 0.6 is 11.8 Å². The molecule has 1 aromatic carbocycles. The molecule has 2 aromatic heterocycles. The summed E-state index contributed by atoms with van der Waals surface area (Å²) in [5, 5.41) is 10.4. The average Bonchev–Trinajstić information content (AvgIpc) is 2.67. The van der Waals surface area contributed by atoms with Gasteiger partial charge in [0, 0.05) is 12.1 Å². The number of aromatic nitrogens is 2. The van der Waals surface area contributed by atoms with E-state index in [2.05, 4.69) is 11.1 Å². The van der Waals surface area contributed by atoms with Crippen LogP contribution < -0.4 is 34.3 Å². The van der Waals surface area contributed by atoms with E-state index in [0.29, 0.717) is 10.6 Å². The lowest BCUT2D eigenvalue weighted by Gasteiger charge is -2.13. The second-order valence-electron chi connectivity index (χ2n) is 5.62. The largest absolute Gasteiger partial charge is 1.00 e. The number of pyridine rings is 2. The Hall–Kier alpha value is -2.44. The number of halogens is 1. The van der Waals surface area contributed by atoms with Crippen molar-refractivity contribution in [2.75, 3.05) is 5.75 Å². The number of rotatable bonds is 5. The number of amides is 1. The number of nitrogens with zero attached hydrogens (tertiary/aromatic N) is 3. The molecule has 3 rings (SSSR count). The zero-order valence-corrected chi connectivity index (χ0v) is 17.6. The maximum Gasteiger partial charge on any atom is 0.241 e. The normalized spacial score (nSPS) is 9.93. The summed E-state index contributed by atoms with van der Waals surface area (Å²) in [7, 11) is 0. The molecule has 2 N–H and O–H groups in total. The molecular formula is C20H17IN4OS. The van der Waals surface area contributed by atoms with E-state index in [1.54, 1.807) is 0 Å². The first-order chi connectivity index (χ1) is 12.6. The van der Waals surface area contributed by atoms with E-state index < -0.39 is 5.91 Å². The number of thioether (sulfide) groups is 1. The van der Waals surface area contributed by atoms with Gasteiger partial charge in [-0.3, -0.25) is 4.79 Å². The Balaban J connectivity index is 0.00000261. The smallest absolute Gasteiger partial charge is 0.241 e. The first kappa shape index (κ1) is 20.9. The predicted molar refractivity (Wildman–Crippen MR) is 101 cm³/mol. The van der Waals surface area contributed by atoms with Gasteiger partial charge in [0.15, 0.2) is 12.4 Å². The van der Waals surface area contributed by atoms with Gasteiger partial charge in [-0.25, -0.2) is 4.98 Å². The van der Waals surface area contributed by atoms with E-state index in [1.165, 1.54) is 11.8 Å². The molecule has 2 heterocycles. The molecule has 3 aromatic rings. The van der Waals surface area contributed by atoms with Gasteiger partial charge in [-0.05, 0) is 12.5 Å². The summed E-state index contributed by atoms with van der Waals surface area (Å²) >= 11 is 1.19. The summed E-state index contributed by atoms with van der Waals surface area (Å²) in [6.07, 6.45) is 3.85. The molecule has 0 aliphatic carbocycles. The number of hydrogen-bond acceptors (Lipinski definition) is 4. The van der Waals surface area contributed by atoms with Gasteiger partial charge in [-0.2, -0.15) is 9.83 Å². The summed E-state index contributed by atoms with van der Waals surface area (Å²) in [5.41, 5.74) is 9.04. The summed E-state index contributed by atoms with van der Waals surface area (Å²) in [6.45, 7) is 1.90. The molecule has 0 fully saturated rings. The fourth-order valence-electron chi connectivity index (χ4n) is 2.76. The van der Waals surface area contributed by atoms with E-state index in [-0.39, 0.29) is 29.7 Å². The van der Waals surface area contributed by atoms with E-state index in [9.17, 15) is 10.1 Å². The Morgan fingerprint density at radius 3 is 2.41 bits per heavy atom. The first-order valence-corrected chi connectivity index (χ1v) is 8.98. The zero-order chi connectivity index (χ0) is 18.5. The van der Waals surface area contributed by atoms with E-state index >= 15 is 0 Å². The molecule has 0 bridgehead atoms. The van der Waals surface area contributed by atoms with Gasteiger partial charge in [0.25, 0.3) is 0 Å². The number of hydrogen-bond donors (Lipinski definition) is 1. The van der Waals surface area contributed by atoms with Crippen LogP contribution in [0.1, 0.15) is 11.3 Å². The second kappa shape index (κ2) is 9.48. The maximum absolute atomic E-state index is 11.2. The standard InChI is InChI=1S/C20H16N4OS.HI/c1-14-19(24-10-6-3-7-11-24)18(15-8-4-2-5-9-15)16(12-21)20(23-14)26-13-17(22)25;/h2-11H,13H2,1H3,(H-,22,25);1H. The number of carbonyl (C=O) groups excluding carboxylic acids is 1. The number of primary amides is 1. The van der Waals surface area contributed by atoms with Gasteiger partial charge in [-0.1, -0.05) is 48.2 Å². The van der Waals surface area contributed by atoms with Gasteiger partial charge in [-0.15, -0.1) is 0 Å². The average molecular weight is 488 g/mol. The number of carbonyl (C=O) groups is 1. The van der Waals surface area contributed by atoms with Crippen molar-refractivity contribution in [1.29, 1.82) is 5.26 Å². The molecular weight excluding hydrogens is 471 g/mol. The summed E-state index contributed by atoms with van der Waals surface area (Å²) in [4.78, 5) is 15.8. The molecule has 0 unspecified atom stereocenters. The second-order valence-corrected chi connectivity index (χ2v) is 6.58. The van der Waals surface area contributed by atoms with Crippen molar-refractivity contribution < 1.29 is 33.3 Å². The van der Waals surface area contributed by atoms with Crippen molar-refractivity contribution >= 4 is 17.7 Å². The molecule has 0 aliphatic heterocycles. The molecule has 0 radical (unpaired) electrons. The molecule has 7 heteroatoms. The van der Waals surface area contributed by atoms with Crippen molar-refractivity contribution in [3.05, 3.63) is 72.2 Å². The predicted octanol–water partition coefficient (Wildman–Crippen LogP) is -0.213. The fourth-order valence-corrected chi connectivity index (χ4v) is 3.54. The molecule has 0 saturated heterocycles. The third-order valence-corrected chi connectivity index (χ3v) is 4.81. The molecule has 27 heavy (non-hydrogen) atoms. The van der Waals surface area contributed by atoms with Crippen molar-refractivity contribution in [1.82, 2.24) is 4.98 Å². The summed E-state index contributed by atoms with van der Waals surface area (Å²) in [6, 6.07) is 17.8. The highest BCUT2D eigenvalue weighted by Crippen LogP contribution is 2.34. The van der Waals surface area contributed by atoms with Crippen LogP contribution in [-0.4, -0.2) is 16.6 Å². The summed E-state index contributed by atoms with van der Waals surface area (Å²) < 4.78 is 1.95. The first-order valence-electron chi connectivity index (χ1n) is 7.99. The Kier molecular flexibility index (Phi) is 7.33. The monoisotopic (exact) mass is 488 g/mol. The van der Waals surface area contributed by atoms with Gasteiger partial charge < -0.3 is 29.7 Å². The van der Waals surface area contributed by atoms with Crippen molar-refractivity contribution in [2.24, 2.45) is 5.73 Å². The third kappa shape index (κ3) is 4.64. The highest BCUT2D eigenvalue weighted by atomic mass is 127. The maximum atomic E-state index is 11.2. The topological polar surface area (TPSA) is 83.6 Å². The van der Waals surface area contributed by atoms with E-state index in [0.717, 1.165) is 22.5 Å². The summed E-state index contributed by atoms with van der Waals surface area (Å²) in [5.74, 6) is -0.367. The Morgan fingerprint density at radius 1 is 1.19 bits per heavy atom. The minimum absolute atomic E-state index is 0. The Labute approximate surface area is 179 Å². The van der Waals surface area contributed by atoms with Crippen molar-refractivity contribution in [3.8, 4) is 22.9 Å². The van der Waals surface area contributed by atoms with E-state index in [1.807, 2.05) is 72.4 Å². The number of benzene rings is 1. The van der Waals surface area contributed by atoms with Gasteiger partial charge in [0.2, 0.25) is 11.6 Å². The van der Waals surface area contributed by atoms with Gasteiger partial charge in [0.1, 0.15) is 16.8 Å². The van der Waals surface area contributed by atoms with Crippen LogP contribution in [0.3, 0.4) is 0 Å². The van der Waals surface area contributed by atoms with Crippen LogP contribution in [0.25, 0.3) is 16.8 Å². The molecule has 1 amide bonds. The number of nitriles is 1. The van der Waals surface area contributed by atoms with Crippen LogP contribution in [0, 0.1) is 18.3 Å². The Bertz CT molecular complexity index is 988. The fraction of sp³-hybridized carbons (Fsp3) is 0.100. The Morgan fingerprint density at radius 2 is 1.81 bits per heavy atom. The molecule has 0 atom stereocenters. The molecule has 0 saturated carbocycles. The van der Waals surface area contributed by atoms with Gasteiger partial charge >= 0.3 is 0 Å². The number of nitrogens with two attached hydrogens (primary N) is 1. The molecule has 136 valence electrons. The van der Waals surface area contributed by atoms with Crippen LogP contribution in [0.5, 0.6) is 0 Å².